The number of hydrazine groups is 1. The van der Waals surface area contributed by atoms with Crippen molar-refractivity contribution in [2.24, 2.45) is 5.84 Å². The predicted molar refractivity (Wildman–Crippen MR) is 69.2 cm³/mol. The molecule has 0 fully saturated rings. The summed E-state index contributed by atoms with van der Waals surface area (Å²) in [5.74, 6) is 6.81. The number of nitrogens with two attached hydrogens (primary N) is 2. The zero-order valence-electron chi connectivity index (χ0n) is 10.2. The number of pyridine rings is 1. The minimum absolute atomic E-state index is 0.0755. The van der Waals surface area contributed by atoms with E-state index in [1.165, 1.54) is 0 Å². The van der Waals surface area contributed by atoms with Crippen LogP contribution in [0.3, 0.4) is 0 Å². The monoisotopic (exact) mass is 244 g/mol. The molecule has 0 aliphatic rings. The van der Waals surface area contributed by atoms with Crippen LogP contribution in [0.5, 0.6) is 0 Å². The molecule has 2 aromatic rings. The number of anilines is 1. The Morgan fingerprint density at radius 3 is 2.72 bits per heavy atom. The van der Waals surface area contributed by atoms with E-state index in [1.807, 2.05) is 25.1 Å². The minimum Gasteiger partial charge on any atom is -0.384 e. The van der Waals surface area contributed by atoms with Gasteiger partial charge in [0.2, 0.25) is 0 Å². The van der Waals surface area contributed by atoms with Gasteiger partial charge in [-0.1, -0.05) is 0 Å². The molecule has 0 aliphatic carbocycles. The third kappa shape index (κ3) is 2.99. The van der Waals surface area contributed by atoms with Crippen LogP contribution in [-0.2, 0) is 6.42 Å². The molecule has 0 aliphatic heterocycles. The Morgan fingerprint density at radius 1 is 1.28 bits per heavy atom. The zero-order chi connectivity index (χ0) is 13.0. The highest BCUT2D eigenvalue weighted by Crippen LogP contribution is 2.16. The van der Waals surface area contributed by atoms with Gasteiger partial charge in [-0.3, -0.25) is 11.3 Å². The number of hydrogen-bond acceptors (Lipinski definition) is 6. The van der Waals surface area contributed by atoms with E-state index in [9.17, 15) is 0 Å². The van der Waals surface area contributed by atoms with Crippen molar-refractivity contribution in [3.63, 3.8) is 0 Å². The largest absolute Gasteiger partial charge is 0.384 e. The summed E-state index contributed by atoms with van der Waals surface area (Å²) in [5.41, 5.74) is 10.3. The first-order chi connectivity index (χ1) is 8.69. The lowest BCUT2D eigenvalue weighted by Gasteiger charge is -2.15. The molecule has 2 rings (SSSR count). The highest BCUT2D eigenvalue weighted by molar-refractivity contribution is 5.32. The van der Waals surface area contributed by atoms with Gasteiger partial charge in [-0.25, -0.2) is 15.0 Å². The van der Waals surface area contributed by atoms with Crippen LogP contribution in [0.1, 0.15) is 23.1 Å². The molecule has 6 nitrogen and oxygen atoms in total. The quantitative estimate of drug-likeness (QED) is 0.535. The van der Waals surface area contributed by atoms with Crippen molar-refractivity contribution < 1.29 is 0 Å². The minimum atomic E-state index is -0.0755. The van der Waals surface area contributed by atoms with E-state index in [4.69, 9.17) is 11.6 Å². The van der Waals surface area contributed by atoms with Crippen molar-refractivity contribution in [2.75, 3.05) is 5.73 Å². The fourth-order valence-corrected chi connectivity index (χ4v) is 1.77. The number of aryl methyl sites for hydroxylation is 1. The molecule has 0 aromatic carbocycles. The Labute approximate surface area is 105 Å². The number of rotatable bonds is 4. The van der Waals surface area contributed by atoms with Crippen molar-refractivity contribution in [3.8, 4) is 0 Å². The van der Waals surface area contributed by atoms with E-state index >= 15 is 0 Å². The maximum Gasteiger partial charge on any atom is 0.125 e. The number of nitrogen functional groups attached to an aromatic ring is 1. The van der Waals surface area contributed by atoms with Crippen LogP contribution in [0.25, 0.3) is 0 Å². The topological polar surface area (TPSA) is 103 Å². The van der Waals surface area contributed by atoms with Crippen LogP contribution in [0.4, 0.5) is 5.82 Å². The number of hydrogen-bond donors (Lipinski definition) is 3. The summed E-state index contributed by atoms with van der Waals surface area (Å²) in [5, 5.41) is 0. The van der Waals surface area contributed by atoms with Crippen LogP contribution < -0.4 is 17.0 Å². The highest BCUT2D eigenvalue weighted by Gasteiger charge is 2.12. The zero-order valence-corrected chi connectivity index (χ0v) is 10.2. The summed E-state index contributed by atoms with van der Waals surface area (Å²) in [6.07, 6.45) is 4.10. The SMILES string of the molecule is Cc1nccc(C(Cc2ccnc(N)c2)NN)n1. The van der Waals surface area contributed by atoms with Crippen molar-refractivity contribution in [1.29, 1.82) is 0 Å². The molecule has 1 atom stereocenters. The maximum atomic E-state index is 5.65. The van der Waals surface area contributed by atoms with Gasteiger partial charge in [0.15, 0.2) is 0 Å². The lowest BCUT2D eigenvalue weighted by Crippen LogP contribution is -2.30. The van der Waals surface area contributed by atoms with Gasteiger partial charge < -0.3 is 5.73 Å². The molecule has 0 saturated carbocycles. The normalized spacial score (nSPS) is 12.3. The lowest BCUT2D eigenvalue weighted by molar-refractivity contribution is 0.535. The summed E-state index contributed by atoms with van der Waals surface area (Å²) in [6.45, 7) is 1.85. The van der Waals surface area contributed by atoms with Gasteiger partial charge in [-0.2, -0.15) is 0 Å². The van der Waals surface area contributed by atoms with E-state index in [0.717, 1.165) is 17.1 Å². The average molecular weight is 244 g/mol. The summed E-state index contributed by atoms with van der Waals surface area (Å²) in [4.78, 5) is 12.4. The summed E-state index contributed by atoms with van der Waals surface area (Å²) in [7, 11) is 0. The molecule has 94 valence electrons. The van der Waals surface area contributed by atoms with Gasteiger partial charge in [0.25, 0.3) is 0 Å². The van der Waals surface area contributed by atoms with Crippen LogP contribution >= 0.6 is 0 Å². The third-order valence-electron chi connectivity index (χ3n) is 2.64. The van der Waals surface area contributed by atoms with E-state index in [-0.39, 0.29) is 6.04 Å². The smallest absolute Gasteiger partial charge is 0.125 e. The highest BCUT2D eigenvalue weighted by atomic mass is 15.2. The number of aromatic nitrogens is 3. The first kappa shape index (κ1) is 12.4. The number of nitrogens with one attached hydrogen (secondary N) is 1. The number of nitrogens with zero attached hydrogens (tertiary/aromatic N) is 3. The molecule has 18 heavy (non-hydrogen) atoms. The van der Waals surface area contributed by atoms with Crippen LogP contribution in [0.15, 0.2) is 30.6 Å². The molecule has 6 heteroatoms. The molecule has 2 heterocycles. The van der Waals surface area contributed by atoms with E-state index in [1.54, 1.807) is 12.4 Å². The summed E-state index contributed by atoms with van der Waals surface area (Å²) < 4.78 is 0. The van der Waals surface area contributed by atoms with Crippen LogP contribution in [-0.4, -0.2) is 15.0 Å². The molecule has 0 radical (unpaired) electrons. The van der Waals surface area contributed by atoms with E-state index in [2.05, 4.69) is 20.4 Å². The molecule has 5 N–H and O–H groups in total. The fraction of sp³-hybridized carbons (Fsp3) is 0.250. The van der Waals surface area contributed by atoms with E-state index < -0.39 is 0 Å². The van der Waals surface area contributed by atoms with Gasteiger partial charge >= 0.3 is 0 Å². The average Bonchev–Trinajstić information content (AvgIpc) is 2.36. The Kier molecular flexibility index (Phi) is 3.81. The Bertz CT molecular complexity index is 527. The van der Waals surface area contributed by atoms with Crippen molar-refractivity contribution in [2.45, 2.75) is 19.4 Å². The second-order valence-corrected chi connectivity index (χ2v) is 4.04. The van der Waals surface area contributed by atoms with Gasteiger partial charge in [-0.15, -0.1) is 0 Å². The van der Waals surface area contributed by atoms with Crippen LogP contribution in [0.2, 0.25) is 0 Å². The van der Waals surface area contributed by atoms with E-state index in [0.29, 0.717) is 12.2 Å². The lowest BCUT2D eigenvalue weighted by atomic mass is 10.0. The van der Waals surface area contributed by atoms with Gasteiger partial charge in [-0.05, 0) is 37.1 Å². The molecule has 1 unspecified atom stereocenters. The summed E-state index contributed by atoms with van der Waals surface area (Å²) >= 11 is 0. The van der Waals surface area contributed by atoms with Gasteiger partial charge in [0, 0.05) is 12.4 Å². The maximum absolute atomic E-state index is 5.65. The van der Waals surface area contributed by atoms with Crippen molar-refractivity contribution >= 4 is 5.82 Å². The van der Waals surface area contributed by atoms with Crippen molar-refractivity contribution in [1.82, 2.24) is 20.4 Å². The Morgan fingerprint density at radius 2 is 2.06 bits per heavy atom. The first-order valence-electron chi connectivity index (χ1n) is 5.65. The second kappa shape index (κ2) is 5.52. The predicted octanol–water partition coefficient (Wildman–Crippen LogP) is 0.509. The Balaban J connectivity index is 2.19. The Hall–Kier alpha value is -2.05. The molecular formula is C12H16N6. The molecule has 2 aromatic heterocycles. The standard InChI is InChI=1S/C12H16N6/c1-8-15-5-3-10(17-8)11(18-14)6-9-2-4-16-12(13)7-9/h2-5,7,11,18H,6,14H2,1H3,(H2,13,16). The third-order valence-corrected chi connectivity index (χ3v) is 2.64. The van der Waals surface area contributed by atoms with Gasteiger partial charge in [0.05, 0.1) is 11.7 Å². The van der Waals surface area contributed by atoms with Crippen LogP contribution in [0, 0.1) is 6.92 Å². The first-order valence-corrected chi connectivity index (χ1v) is 5.65. The molecule has 0 amide bonds. The molecular weight excluding hydrogens is 228 g/mol. The molecule has 0 saturated heterocycles. The van der Waals surface area contributed by atoms with Crippen molar-refractivity contribution in [3.05, 3.63) is 47.7 Å². The summed E-state index contributed by atoms with van der Waals surface area (Å²) in [6, 6.07) is 5.52. The molecule has 0 bridgehead atoms. The second-order valence-electron chi connectivity index (χ2n) is 4.04. The van der Waals surface area contributed by atoms with Gasteiger partial charge in [0.1, 0.15) is 11.6 Å². The molecule has 0 spiro atoms. The fourth-order valence-electron chi connectivity index (χ4n) is 1.77.